The van der Waals surface area contributed by atoms with Crippen molar-refractivity contribution in [3.05, 3.63) is 11.4 Å². The molecule has 0 bridgehead atoms. The summed E-state index contributed by atoms with van der Waals surface area (Å²) < 4.78 is 0. The molecule has 0 aromatic carbocycles. The SMILES string of the molecule is C1CN=C2C3=C4N(CCN2C1)CCN4CCN1CCCN=C31. The van der Waals surface area contributed by atoms with Gasteiger partial charge >= 0.3 is 0 Å². The molecular weight excluding hydrogens is 276 g/mol. The first kappa shape index (κ1) is 12.8. The second-order valence-corrected chi connectivity index (χ2v) is 6.76. The van der Waals surface area contributed by atoms with Crippen LogP contribution in [0.2, 0.25) is 0 Å². The Labute approximate surface area is 131 Å². The van der Waals surface area contributed by atoms with Crippen molar-refractivity contribution in [1.29, 1.82) is 0 Å². The molecule has 5 heterocycles. The molecule has 0 unspecified atom stereocenters. The van der Waals surface area contributed by atoms with Gasteiger partial charge in [0.25, 0.3) is 0 Å². The van der Waals surface area contributed by atoms with Gasteiger partial charge in [0.05, 0.1) is 5.57 Å². The van der Waals surface area contributed by atoms with E-state index in [1.165, 1.54) is 35.9 Å². The molecule has 1 fully saturated rings. The minimum absolute atomic E-state index is 0.968. The minimum Gasteiger partial charge on any atom is -0.354 e. The zero-order valence-corrected chi connectivity index (χ0v) is 13.2. The molecule has 5 aliphatic heterocycles. The summed E-state index contributed by atoms with van der Waals surface area (Å²) in [5, 5.41) is 0. The molecule has 5 aliphatic rings. The summed E-state index contributed by atoms with van der Waals surface area (Å²) in [5.74, 6) is 3.87. The van der Waals surface area contributed by atoms with Gasteiger partial charge in [-0.05, 0) is 12.8 Å². The lowest BCUT2D eigenvalue weighted by Crippen LogP contribution is -2.44. The third-order valence-electron chi connectivity index (χ3n) is 5.48. The first-order valence-corrected chi connectivity index (χ1v) is 8.75. The number of rotatable bonds is 0. The molecule has 0 radical (unpaired) electrons. The number of nitrogens with zero attached hydrogens (tertiary/aromatic N) is 6. The van der Waals surface area contributed by atoms with Gasteiger partial charge in [-0.2, -0.15) is 0 Å². The summed E-state index contributed by atoms with van der Waals surface area (Å²) in [6, 6.07) is 0. The van der Waals surface area contributed by atoms with Crippen molar-refractivity contribution in [2.24, 2.45) is 9.98 Å². The van der Waals surface area contributed by atoms with E-state index >= 15 is 0 Å². The zero-order chi connectivity index (χ0) is 14.5. The number of hydrogen-bond acceptors (Lipinski definition) is 6. The van der Waals surface area contributed by atoms with Gasteiger partial charge in [-0.3, -0.25) is 9.98 Å². The van der Waals surface area contributed by atoms with Crippen LogP contribution in [-0.4, -0.2) is 96.7 Å². The molecule has 0 atom stereocenters. The Balaban J connectivity index is 1.71. The predicted molar refractivity (Wildman–Crippen MR) is 87.2 cm³/mol. The highest BCUT2D eigenvalue weighted by atomic mass is 15.4. The van der Waals surface area contributed by atoms with Crippen LogP contribution in [-0.2, 0) is 0 Å². The van der Waals surface area contributed by atoms with E-state index in [0.717, 1.165) is 65.4 Å². The second-order valence-electron chi connectivity index (χ2n) is 6.76. The van der Waals surface area contributed by atoms with Gasteiger partial charge in [-0.15, -0.1) is 0 Å². The fourth-order valence-corrected chi connectivity index (χ4v) is 4.40. The average Bonchev–Trinajstić information content (AvgIpc) is 2.79. The number of hydrogen-bond donors (Lipinski definition) is 0. The van der Waals surface area contributed by atoms with Crippen molar-refractivity contribution in [2.75, 3.05) is 65.4 Å². The van der Waals surface area contributed by atoms with Gasteiger partial charge in [-0.1, -0.05) is 0 Å². The molecule has 0 aromatic heterocycles. The molecule has 118 valence electrons. The molecule has 0 N–H and O–H groups in total. The normalized spacial score (nSPS) is 27.6. The summed E-state index contributed by atoms with van der Waals surface area (Å²) in [5.41, 5.74) is 1.34. The van der Waals surface area contributed by atoms with E-state index in [0.29, 0.717) is 0 Å². The van der Waals surface area contributed by atoms with E-state index in [9.17, 15) is 0 Å². The third-order valence-corrected chi connectivity index (χ3v) is 5.48. The fraction of sp³-hybridized carbons (Fsp3) is 0.750. The van der Waals surface area contributed by atoms with Crippen LogP contribution < -0.4 is 0 Å². The van der Waals surface area contributed by atoms with E-state index in [1.54, 1.807) is 0 Å². The van der Waals surface area contributed by atoms with Crippen LogP contribution in [0.15, 0.2) is 21.4 Å². The molecule has 0 spiro atoms. The first-order valence-electron chi connectivity index (χ1n) is 8.75. The number of amidine groups is 2. The molecule has 6 heteroatoms. The third kappa shape index (κ3) is 1.79. The van der Waals surface area contributed by atoms with Crippen LogP contribution >= 0.6 is 0 Å². The van der Waals surface area contributed by atoms with Crippen molar-refractivity contribution in [1.82, 2.24) is 19.6 Å². The molecule has 0 amide bonds. The highest BCUT2D eigenvalue weighted by Gasteiger charge is 2.40. The Hall–Kier alpha value is -1.72. The Bertz CT molecular complexity index is 529. The number of aliphatic imine (C=N–C) groups is 2. The van der Waals surface area contributed by atoms with E-state index < -0.39 is 0 Å². The average molecular weight is 300 g/mol. The number of fused-ring (bicyclic) bond motifs is 4. The van der Waals surface area contributed by atoms with Gasteiger partial charge in [0, 0.05) is 65.4 Å². The molecule has 0 saturated carbocycles. The second kappa shape index (κ2) is 4.89. The summed E-state index contributed by atoms with van der Waals surface area (Å²) >= 11 is 0. The molecule has 0 aromatic rings. The van der Waals surface area contributed by atoms with Crippen LogP contribution in [0.5, 0.6) is 0 Å². The molecule has 5 rings (SSSR count). The topological polar surface area (TPSA) is 37.7 Å². The van der Waals surface area contributed by atoms with Crippen molar-refractivity contribution < 1.29 is 0 Å². The molecule has 22 heavy (non-hydrogen) atoms. The van der Waals surface area contributed by atoms with E-state index in [1.807, 2.05) is 0 Å². The van der Waals surface area contributed by atoms with Crippen LogP contribution in [0.1, 0.15) is 12.8 Å². The van der Waals surface area contributed by atoms with Crippen LogP contribution in [0, 0.1) is 0 Å². The summed E-state index contributed by atoms with van der Waals surface area (Å²) in [6.07, 6.45) is 2.37. The van der Waals surface area contributed by atoms with E-state index in [2.05, 4.69) is 19.6 Å². The molecule has 1 saturated heterocycles. The van der Waals surface area contributed by atoms with Gasteiger partial charge in [0.15, 0.2) is 0 Å². The van der Waals surface area contributed by atoms with E-state index in [-0.39, 0.29) is 0 Å². The van der Waals surface area contributed by atoms with Crippen molar-refractivity contribution >= 4 is 11.7 Å². The molecule has 6 nitrogen and oxygen atoms in total. The molecule has 0 aliphatic carbocycles. The highest BCUT2D eigenvalue weighted by molar-refractivity contribution is 6.23. The Morgan fingerprint density at radius 2 is 1.00 bits per heavy atom. The van der Waals surface area contributed by atoms with Gasteiger partial charge in [-0.25, -0.2) is 0 Å². The van der Waals surface area contributed by atoms with Crippen LogP contribution in [0.4, 0.5) is 0 Å². The van der Waals surface area contributed by atoms with Crippen molar-refractivity contribution in [3.8, 4) is 0 Å². The fourth-order valence-electron chi connectivity index (χ4n) is 4.40. The summed E-state index contributed by atoms with van der Waals surface area (Å²) in [7, 11) is 0. The monoisotopic (exact) mass is 300 g/mol. The standard InChI is InChI=1S/C16H24N6/c1-3-17-14-13-15-18-4-2-6-20(15)8-10-22-12-11-21(16(13)22)9-7-19(14)5-1/h1-12H2. The van der Waals surface area contributed by atoms with Gasteiger partial charge in [0.2, 0.25) is 0 Å². The largest absolute Gasteiger partial charge is 0.354 e. The van der Waals surface area contributed by atoms with E-state index in [4.69, 9.17) is 9.98 Å². The van der Waals surface area contributed by atoms with Gasteiger partial charge in [0.1, 0.15) is 17.5 Å². The lowest BCUT2D eigenvalue weighted by Gasteiger charge is -2.33. The maximum Gasteiger partial charge on any atom is 0.138 e. The Kier molecular flexibility index (Phi) is 2.85. The van der Waals surface area contributed by atoms with Crippen LogP contribution in [0.3, 0.4) is 0 Å². The van der Waals surface area contributed by atoms with Crippen molar-refractivity contribution in [3.63, 3.8) is 0 Å². The highest BCUT2D eigenvalue weighted by Crippen LogP contribution is 2.31. The minimum atomic E-state index is 0.968. The smallest absolute Gasteiger partial charge is 0.138 e. The Morgan fingerprint density at radius 3 is 1.50 bits per heavy atom. The summed E-state index contributed by atoms with van der Waals surface area (Å²) in [4.78, 5) is 20.1. The zero-order valence-electron chi connectivity index (χ0n) is 13.2. The molecular formula is C16H24N6. The lowest BCUT2D eigenvalue weighted by atomic mass is 10.1. The predicted octanol–water partition coefficient (Wildman–Crippen LogP) is 0.0512. The van der Waals surface area contributed by atoms with Crippen LogP contribution in [0.25, 0.3) is 0 Å². The quantitative estimate of drug-likeness (QED) is 0.634. The van der Waals surface area contributed by atoms with Crippen molar-refractivity contribution in [2.45, 2.75) is 12.8 Å². The first-order chi connectivity index (χ1) is 10.9. The van der Waals surface area contributed by atoms with Gasteiger partial charge < -0.3 is 19.6 Å². The maximum atomic E-state index is 4.95. The Morgan fingerprint density at radius 1 is 0.545 bits per heavy atom. The lowest BCUT2D eigenvalue weighted by molar-refractivity contribution is 0.296. The summed E-state index contributed by atoms with van der Waals surface area (Å²) in [6.45, 7) is 11.0. The maximum absolute atomic E-state index is 4.95.